The number of rotatable bonds is 4. The van der Waals surface area contributed by atoms with E-state index in [4.69, 9.17) is 5.73 Å². The molecule has 1 saturated carbocycles. The van der Waals surface area contributed by atoms with Gasteiger partial charge >= 0.3 is 0 Å². The standard InChI is InChI=1S/C8H18N2O2S/c1-3-13(11,12)10(2)6-7-4-8(9)5-7/h7-8H,3-6,9H2,1-2H3. The summed E-state index contributed by atoms with van der Waals surface area (Å²) in [7, 11) is -1.35. The molecule has 0 unspecified atom stereocenters. The molecule has 0 spiro atoms. The molecule has 0 heterocycles. The summed E-state index contributed by atoms with van der Waals surface area (Å²) in [6.45, 7) is 2.29. The maximum atomic E-state index is 11.4. The third-order valence-electron chi connectivity index (χ3n) is 2.63. The number of nitrogens with two attached hydrogens (primary N) is 1. The number of nitrogens with zero attached hydrogens (tertiary/aromatic N) is 1. The predicted molar refractivity (Wildman–Crippen MR) is 52.8 cm³/mol. The van der Waals surface area contributed by atoms with Crippen LogP contribution < -0.4 is 5.73 Å². The normalized spacial score (nSPS) is 28.9. The van der Waals surface area contributed by atoms with E-state index in [-0.39, 0.29) is 5.75 Å². The summed E-state index contributed by atoms with van der Waals surface area (Å²) in [5.41, 5.74) is 5.62. The van der Waals surface area contributed by atoms with Gasteiger partial charge in [0.05, 0.1) is 5.75 Å². The first-order valence-electron chi connectivity index (χ1n) is 4.65. The van der Waals surface area contributed by atoms with Gasteiger partial charge in [0, 0.05) is 19.6 Å². The lowest BCUT2D eigenvalue weighted by molar-refractivity contribution is 0.227. The minimum atomic E-state index is -2.99. The van der Waals surface area contributed by atoms with Gasteiger partial charge in [-0.05, 0) is 25.7 Å². The van der Waals surface area contributed by atoms with Crippen LogP contribution in [-0.2, 0) is 10.0 Å². The van der Waals surface area contributed by atoms with Crippen molar-refractivity contribution < 1.29 is 8.42 Å². The van der Waals surface area contributed by atoms with Crippen LogP contribution in [0.2, 0.25) is 0 Å². The van der Waals surface area contributed by atoms with E-state index in [0.717, 1.165) is 12.8 Å². The largest absolute Gasteiger partial charge is 0.328 e. The monoisotopic (exact) mass is 206 g/mol. The molecular formula is C8H18N2O2S. The minimum absolute atomic E-state index is 0.183. The quantitative estimate of drug-likeness (QED) is 0.704. The molecule has 13 heavy (non-hydrogen) atoms. The van der Waals surface area contributed by atoms with Crippen molar-refractivity contribution in [2.24, 2.45) is 11.7 Å². The van der Waals surface area contributed by atoms with Gasteiger partial charge < -0.3 is 5.73 Å². The van der Waals surface area contributed by atoms with Crippen LogP contribution in [0.25, 0.3) is 0 Å². The van der Waals surface area contributed by atoms with Gasteiger partial charge in [0.15, 0.2) is 0 Å². The van der Waals surface area contributed by atoms with Crippen molar-refractivity contribution in [3.05, 3.63) is 0 Å². The molecule has 1 rings (SSSR count). The molecule has 0 atom stereocenters. The van der Waals surface area contributed by atoms with Gasteiger partial charge in [-0.3, -0.25) is 0 Å². The van der Waals surface area contributed by atoms with Crippen molar-refractivity contribution in [3.63, 3.8) is 0 Å². The number of sulfonamides is 1. The second-order valence-corrected chi connectivity index (χ2v) is 6.14. The summed E-state index contributed by atoms with van der Waals surface area (Å²) in [6.07, 6.45) is 1.92. The molecule has 0 bridgehead atoms. The molecule has 0 aromatic rings. The highest BCUT2D eigenvalue weighted by Crippen LogP contribution is 2.26. The third kappa shape index (κ3) is 2.65. The Morgan fingerprint density at radius 3 is 2.38 bits per heavy atom. The van der Waals surface area contributed by atoms with E-state index in [2.05, 4.69) is 0 Å². The molecule has 0 radical (unpaired) electrons. The Morgan fingerprint density at radius 1 is 1.46 bits per heavy atom. The summed E-state index contributed by atoms with van der Waals surface area (Å²) in [4.78, 5) is 0. The Hall–Kier alpha value is -0.130. The van der Waals surface area contributed by atoms with Crippen molar-refractivity contribution >= 4 is 10.0 Å². The van der Waals surface area contributed by atoms with Crippen molar-refractivity contribution in [1.82, 2.24) is 4.31 Å². The fourth-order valence-corrected chi connectivity index (χ4v) is 2.51. The smallest absolute Gasteiger partial charge is 0.213 e. The molecular weight excluding hydrogens is 188 g/mol. The Kier molecular flexibility index (Phi) is 3.32. The lowest BCUT2D eigenvalue weighted by Crippen LogP contribution is -2.43. The molecule has 1 aliphatic rings. The molecule has 0 aliphatic heterocycles. The summed E-state index contributed by atoms with van der Waals surface area (Å²) in [5, 5.41) is 0. The van der Waals surface area contributed by atoms with Crippen LogP contribution in [0.15, 0.2) is 0 Å². The summed E-state index contributed by atoms with van der Waals surface area (Å²) >= 11 is 0. The van der Waals surface area contributed by atoms with Crippen LogP contribution in [0.1, 0.15) is 19.8 Å². The Bertz CT molecular complexity index is 257. The van der Waals surface area contributed by atoms with Crippen LogP contribution in [0.3, 0.4) is 0 Å². The number of hydrogen-bond donors (Lipinski definition) is 1. The van der Waals surface area contributed by atoms with E-state index in [1.54, 1.807) is 14.0 Å². The first kappa shape index (κ1) is 10.9. The summed E-state index contributed by atoms with van der Waals surface area (Å²) < 4.78 is 24.1. The van der Waals surface area contributed by atoms with Crippen molar-refractivity contribution in [2.75, 3.05) is 19.3 Å². The highest BCUT2D eigenvalue weighted by atomic mass is 32.2. The van der Waals surface area contributed by atoms with Crippen LogP contribution in [0.5, 0.6) is 0 Å². The van der Waals surface area contributed by atoms with Crippen LogP contribution in [-0.4, -0.2) is 38.1 Å². The number of hydrogen-bond acceptors (Lipinski definition) is 3. The van der Waals surface area contributed by atoms with Gasteiger partial charge in [-0.2, -0.15) is 0 Å². The molecule has 1 aliphatic carbocycles. The summed E-state index contributed by atoms with van der Waals surface area (Å²) in [6, 6.07) is 0.294. The Labute approximate surface area is 80.1 Å². The van der Waals surface area contributed by atoms with E-state index in [9.17, 15) is 8.42 Å². The van der Waals surface area contributed by atoms with Crippen LogP contribution >= 0.6 is 0 Å². The van der Waals surface area contributed by atoms with E-state index in [0.29, 0.717) is 18.5 Å². The van der Waals surface area contributed by atoms with Gasteiger partial charge in [-0.25, -0.2) is 12.7 Å². The van der Waals surface area contributed by atoms with E-state index < -0.39 is 10.0 Å². The van der Waals surface area contributed by atoms with Gasteiger partial charge in [-0.15, -0.1) is 0 Å². The highest BCUT2D eigenvalue weighted by molar-refractivity contribution is 7.89. The molecule has 0 amide bonds. The molecule has 0 saturated heterocycles. The fourth-order valence-electron chi connectivity index (χ4n) is 1.63. The third-order valence-corrected chi connectivity index (χ3v) is 4.46. The van der Waals surface area contributed by atoms with Crippen molar-refractivity contribution in [2.45, 2.75) is 25.8 Å². The van der Waals surface area contributed by atoms with Crippen LogP contribution in [0, 0.1) is 5.92 Å². The molecule has 78 valence electrons. The second-order valence-electron chi connectivity index (χ2n) is 3.78. The van der Waals surface area contributed by atoms with Crippen molar-refractivity contribution in [3.8, 4) is 0 Å². The molecule has 0 aromatic heterocycles. The van der Waals surface area contributed by atoms with Gasteiger partial charge in [0.25, 0.3) is 0 Å². The first-order chi connectivity index (χ1) is 5.95. The summed E-state index contributed by atoms with van der Waals surface area (Å²) in [5.74, 6) is 0.656. The van der Waals surface area contributed by atoms with Crippen LogP contribution in [0.4, 0.5) is 0 Å². The molecule has 1 fully saturated rings. The van der Waals surface area contributed by atoms with E-state index in [1.165, 1.54) is 4.31 Å². The fraction of sp³-hybridized carbons (Fsp3) is 1.00. The molecule has 5 heteroatoms. The SMILES string of the molecule is CCS(=O)(=O)N(C)CC1CC(N)C1. The van der Waals surface area contributed by atoms with E-state index in [1.807, 2.05) is 0 Å². The zero-order valence-corrected chi connectivity index (χ0v) is 9.05. The maximum absolute atomic E-state index is 11.4. The lowest BCUT2D eigenvalue weighted by atomic mass is 9.81. The Balaban J connectivity index is 2.38. The second kappa shape index (κ2) is 3.94. The first-order valence-corrected chi connectivity index (χ1v) is 6.26. The van der Waals surface area contributed by atoms with Crippen molar-refractivity contribution in [1.29, 1.82) is 0 Å². The lowest BCUT2D eigenvalue weighted by Gasteiger charge is -2.34. The maximum Gasteiger partial charge on any atom is 0.213 e. The average molecular weight is 206 g/mol. The minimum Gasteiger partial charge on any atom is -0.328 e. The predicted octanol–water partition coefficient (Wildman–Crippen LogP) is 0.00520. The topological polar surface area (TPSA) is 63.4 Å². The molecule has 4 nitrogen and oxygen atoms in total. The average Bonchev–Trinajstić information content (AvgIpc) is 2.01. The highest BCUT2D eigenvalue weighted by Gasteiger charge is 2.29. The Morgan fingerprint density at radius 2 is 2.00 bits per heavy atom. The van der Waals surface area contributed by atoms with Gasteiger partial charge in [-0.1, -0.05) is 0 Å². The zero-order valence-electron chi connectivity index (χ0n) is 8.23. The molecule has 2 N–H and O–H groups in total. The van der Waals surface area contributed by atoms with Gasteiger partial charge in [0.1, 0.15) is 0 Å². The molecule has 0 aromatic carbocycles. The zero-order chi connectivity index (χ0) is 10.1. The van der Waals surface area contributed by atoms with Gasteiger partial charge in [0.2, 0.25) is 10.0 Å². The van der Waals surface area contributed by atoms with E-state index >= 15 is 0 Å².